The van der Waals surface area contributed by atoms with Crippen molar-refractivity contribution in [2.45, 2.75) is 57.3 Å². The monoisotopic (exact) mass is 295 g/mol. The van der Waals surface area contributed by atoms with Crippen molar-refractivity contribution >= 4 is 16.7 Å². The lowest BCUT2D eigenvalue weighted by molar-refractivity contribution is 0.429. The van der Waals surface area contributed by atoms with Crippen LogP contribution in [0.3, 0.4) is 0 Å². The van der Waals surface area contributed by atoms with Crippen LogP contribution in [0, 0.1) is 0 Å². The number of hydrogen-bond donors (Lipinski definition) is 0. The molecule has 0 unspecified atom stereocenters. The summed E-state index contributed by atoms with van der Waals surface area (Å²) < 4.78 is 0. The van der Waals surface area contributed by atoms with Crippen molar-refractivity contribution < 1.29 is 0 Å². The third-order valence-corrected chi connectivity index (χ3v) is 5.23. The van der Waals surface area contributed by atoms with Crippen LogP contribution in [0.2, 0.25) is 0 Å². The first-order valence-electron chi connectivity index (χ1n) is 8.93. The Hall–Kier alpha value is -1.64. The molecule has 4 rings (SSSR count). The van der Waals surface area contributed by atoms with E-state index in [0.717, 1.165) is 24.4 Å². The van der Waals surface area contributed by atoms with Crippen LogP contribution in [-0.2, 0) is 0 Å². The van der Waals surface area contributed by atoms with Gasteiger partial charge in [-0.25, -0.2) is 9.97 Å². The van der Waals surface area contributed by atoms with Crippen LogP contribution in [-0.4, -0.2) is 23.1 Å². The highest BCUT2D eigenvalue weighted by Crippen LogP contribution is 2.34. The predicted molar refractivity (Wildman–Crippen MR) is 91.4 cm³/mol. The summed E-state index contributed by atoms with van der Waals surface area (Å²) in [6.07, 6.45) is 10.5. The van der Waals surface area contributed by atoms with E-state index in [4.69, 9.17) is 9.97 Å². The van der Waals surface area contributed by atoms with Crippen LogP contribution in [0.5, 0.6) is 0 Å². The Morgan fingerprint density at radius 2 is 1.55 bits per heavy atom. The van der Waals surface area contributed by atoms with Crippen LogP contribution in [0.4, 0.5) is 5.82 Å². The average molecular weight is 295 g/mol. The zero-order valence-electron chi connectivity index (χ0n) is 13.3. The van der Waals surface area contributed by atoms with Crippen LogP contribution in [0.15, 0.2) is 24.3 Å². The van der Waals surface area contributed by atoms with Gasteiger partial charge in [-0.1, -0.05) is 31.4 Å². The first-order chi connectivity index (χ1) is 10.9. The minimum Gasteiger partial charge on any atom is -0.356 e. The molecule has 1 aromatic heterocycles. The first kappa shape index (κ1) is 14.0. The molecule has 1 saturated heterocycles. The Bertz CT molecular complexity index is 640. The Morgan fingerprint density at radius 3 is 2.36 bits per heavy atom. The molecule has 0 atom stereocenters. The number of rotatable bonds is 2. The van der Waals surface area contributed by atoms with E-state index in [9.17, 15) is 0 Å². The van der Waals surface area contributed by atoms with E-state index in [-0.39, 0.29) is 0 Å². The van der Waals surface area contributed by atoms with Gasteiger partial charge in [0.2, 0.25) is 0 Å². The summed E-state index contributed by atoms with van der Waals surface area (Å²) in [5, 5.41) is 1.23. The fourth-order valence-electron chi connectivity index (χ4n) is 3.97. The molecule has 2 aromatic rings. The van der Waals surface area contributed by atoms with E-state index in [1.54, 1.807) is 0 Å². The summed E-state index contributed by atoms with van der Waals surface area (Å²) in [7, 11) is 0. The molecule has 1 aliphatic carbocycles. The third kappa shape index (κ3) is 2.69. The van der Waals surface area contributed by atoms with Gasteiger partial charge in [-0.15, -0.1) is 0 Å². The molecule has 1 saturated carbocycles. The summed E-state index contributed by atoms with van der Waals surface area (Å²) in [6, 6.07) is 8.54. The standard InChI is InChI=1S/C19H25N3/c1-3-9-15(10-4-1)18-20-17-12-6-5-11-16(17)19(21-18)22-13-7-2-8-14-22/h5-6,11-12,15H,1-4,7-10,13-14H2. The van der Waals surface area contributed by atoms with Gasteiger partial charge in [0.1, 0.15) is 11.6 Å². The quantitative estimate of drug-likeness (QED) is 0.806. The molecule has 1 aliphatic heterocycles. The van der Waals surface area contributed by atoms with Gasteiger partial charge < -0.3 is 4.90 Å². The fourth-order valence-corrected chi connectivity index (χ4v) is 3.97. The number of anilines is 1. The van der Waals surface area contributed by atoms with Gasteiger partial charge in [-0.3, -0.25) is 0 Å². The Balaban J connectivity index is 1.78. The lowest BCUT2D eigenvalue weighted by Crippen LogP contribution is -2.31. The minimum atomic E-state index is 0.571. The number of hydrogen-bond acceptors (Lipinski definition) is 3. The van der Waals surface area contributed by atoms with Crippen LogP contribution in [0.1, 0.15) is 63.1 Å². The normalized spacial score (nSPS) is 20.5. The zero-order chi connectivity index (χ0) is 14.8. The number of aromatic nitrogens is 2. The highest BCUT2D eigenvalue weighted by Gasteiger charge is 2.22. The molecule has 116 valence electrons. The lowest BCUT2D eigenvalue weighted by Gasteiger charge is -2.30. The molecule has 2 heterocycles. The zero-order valence-corrected chi connectivity index (χ0v) is 13.3. The van der Waals surface area contributed by atoms with E-state index in [1.165, 1.54) is 62.6 Å². The minimum absolute atomic E-state index is 0.571. The van der Waals surface area contributed by atoms with E-state index in [1.807, 2.05) is 0 Å². The molecule has 0 bridgehead atoms. The molecular weight excluding hydrogens is 270 g/mol. The number of fused-ring (bicyclic) bond motifs is 1. The highest BCUT2D eigenvalue weighted by atomic mass is 15.2. The summed E-state index contributed by atoms with van der Waals surface area (Å²) in [5.74, 6) is 2.85. The van der Waals surface area contributed by atoms with Crippen molar-refractivity contribution in [2.75, 3.05) is 18.0 Å². The summed E-state index contributed by atoms with van der Waals surface area (Å²) in [6.45, 7) is 2.29. The third-order valence-electron chi connectivity index (χ3n) is 5.23. The summed E-state index contributed by atoms with van der Waals surface area (Å²) in [4.78, 5) is 12.5. The molecule has 0 spiro atoms. The summed E-state index contributed by atoms with van der Waals surface area (Å²) >= 11 is 0. The Kier molecular flexibility index (Phi) is 3.96. The van der Waals surface area contributed by atoms with E-state index in [2.05, 4.69) is 29.2 Å². The predicted octanol–water partition coefficient (Wildman–Crippen LogP) is 4.67. The molecule has 1 aromatic carbocycles. The second-order valence-corrected chi connectivity index (χ2v) is 6.81. The second-order valence-electron chi connectivity index (χ2n) is 6.81. The molecule has 0 amide bonds. The van der Waals surface area contributed by atoms with Gasteiger partial charge in [0.25, 0.3) is 0 Å². The summed E-state index contributed by atoms with van der Waals surface area (Å²) in [5.41, 5.74) is 1.12. The first-order valence-corrected chi connectivity index (χ1v) is 8.93. The van der Waals surface area contributed by atoms with Crippen LogP contribution in [0.25, 0.3) is 10.9 Å². The molecule has 0 radical (unpaired) electrons. The van der Waals surface area contributed by atoms with Crippen molar-refractivity contribution in [2.24, 2.45) is 0 Å². The van der Waals surface area contributed by atoms with Gasteiger partial charge in [0, 0.05) is 24.4 Å². The van der Waals surface area contributed by atoms with Crippen LogP contribution < -0.4 is 4.90 Å². The van der Waals surface area contributed by atoms with Crippen molar-refractivity contribution in [3.8, 4) is 0 Å². The lowest BCUT2D eigenvalue weighted by atomic mass is 9.88. The topological polar surface area (TPSA) is 29.0 Å². The largest absolute Gasteiger partial charge is 0.356 e. The number of nitrogens with zero attached hydrogens (tertiary/aromatic N) is 3. The Morgan fingerprint density at radius 1 is 0.818 bits per heavy atom. The highest BCUT2D eigenvalue weighted by molar-refractivity contribution is 5.89. The van der Waals surface area contributed by atoms with E-state index >= 15 is 0 Å². The molecule has 0 N–H and O–H groups in total. The van der Waals surface area contributed by atoms with E-state index in [0.29, 0.717) is 5.92 Å². The van der Waals surface area contributed by atoms with Crippen molar-refractivity contribution in [1.29, 1.82) is 0 Å². The second kappa shape index (κ2) is 6.23. The van der Waals surface area contributed by atoms with Crippen molar-refractivity contribution in [3.05, 3.63) is 30.1 Å². The maximum absolute atomic E-state index is 5.06. The Labute approximate surface area is 132 Å². The maximum Gasteiger partial charge on any atom is 0.140 e. The fraction of sp³-hybridized carbons (Fsp3) is 0.579. The molecule has 22 heavy (non-hydrogen) atoms. The van der Waals surface area contributed by atoms with Gasteiger partial charge in [0.15, 0.2) is 0 Å². The van der Waals surface area contributed by atoms with Crippen LogP contribution >= 0.6 is 0 Å². The molecule has 3 heteroatoms. The smallest absolute Gasteiger partial charge is 0.140 e. The average Bonchev–Trinajstić information content (AvgIpc) is 2.62. The SMILES string of the molecule is c1ccc2c(N3CCCCC3)nc(C3CCCCC3)nc2c1. The van der Waals surface area contributed by atoms with E-state index < -0.39 is 0 Å². The molecular formula is C19H25N3. The molecule has 2 fully saturated rings. The number of benzene rings is 1. The van der Waals surface area contributed by atoms with Gasteiger partial charge >= 0.3 is 0 Å². The number of piperidine rings is 1. The van der Waals surface area contributed by atoms with Crippen molar-refractivity contribution in [3.63, 3.8) is 0 Å². The molecule has 2 aliphatic rings. The van der Waals surface area contributed by atoms with Gasteiger partial charge in [0.05, 0.1) is 5.52 Å². The van der Waals surface area contributed by atoms with Crippen molar-refractivity contribution in [1.82, 2.24) is 9.97 Å². The van der Waals surface area contributed by atoms with Gasteiger partial charge in [-0.2, -0.15) is 0 Å². The number of para-hydroxylation sites is 1. The van der Waals surface area contributed by atoms with Gasteiger partial charge in [-0.05, 0) is 44.2 Å². The maximum atomic E-state index is 5.06. The molecule has 3 nitrogen and oxygen atoms in total.